The predicted octanol–water partition coefficient (Wildman–Crippen LogP) is 14.5. The summed E-state index contributed by atoms with van der Waals surface area (Å²) in [5.41, 5.74) is 6.93. The Morgan fingerprint density at radius 3 is 0.866 bits per heavy atom. The van der Waals surface area contributed by atoms with Gasteiger partial charge in [-0.15, -0.1) is 15.3 Å². The summed E-state index contributed by atoms with van der Waals surface area (Å²) < 4.78 is 0. The monoisotopic (exact) mass is 1140 g/mol. The molecule has 458 valence electrons. The number of nitrogens with zero attached hydrogens (tertiary/aromatic N) is 22. The molecule has 0 N–H and O–H groups in total. The number of aryl methyl sites for hydroxylation is 9. The Balaban J connectivity index is -0.0000000857. The average Bonchev–Trinajstić information content (AvgIpc) is 3.55. The van der Waals surface area contributed by atoms with E-state index in [4.69, 9.17) is 0 Å². The molecule has 0 unspecified atom stereocenters. The quantitative estimate of drug-likeness (QED) is 0.136. The van der Waals surface area contributed by atoms with Crippen LogP contribution in [0.1, 0.15) is 183 Å². The van der Waals surface area contributed by atoms with Gasteiger partial charge in [0.15, 0.2) is 0 Å². The molecule has 0 spiro atoms. The smallest absolute Gasteiger partial charge is 0.147 e. The van der Waals surface area contributed by atoms with E-state index in [0.717, 1.165) is 45.4 Å². The van der Waals surface area contributed by atoms with Crippen molar-refractivity contribution in [2.24, 2.45) is 0 Å². The third-order valence-corrected chi connectivity index (χ3v) is 5.98. The van der Waals surface area contributed by atoms with Crippen LogP contribution < -0.4 is 0 Å². The van der Waals surface area contributed by atoms with E-state index in [2.05, 4.69) is 111 Å². The second-order valence-corrected chi connectivity index (χ2v) is 11.8. The molecule has 0 atom stereocenters. The van der Waals surface area contributed by atoms with Gasteiger partial charge in [-0.3, -0.25) is 19.9 Å². The molecule has 22 nitrogen and oxygen atoms in total. The summed E-state index contributed by atoms with van der Waals surface area (Å²) in [6.45, 7) is 53.0. The first kappa shape index (κ1) is 95.8. The standard InChI is InChI=1S/5C5H6N2.4C4H5N3.9C2H6.CH4/c1-5-2-6-4-7-3-5;2*1-5-4-6-2-3-7-5;1-5-2-3-6-4-7-5;1-5-2-3-6-7-4-5;1-4-6-2-5-3-7-4;1-4-2-6-7-3-5-4;1-4-2-5-3-6-7-4;1-4-5-2-3-6-7-4;9*1-2;/h5*2-4H,1H3;4*2-3H,1H3;9*1-2H3;1H4. The van der Waals surface area contributed by atoms with Crippen LogP contribution >= 0.6 is 0 Å². The van der Waals surface area contributed by atoms with Gasteiger partial charge in [0.1, 0.15) is 49.6 Å². The third-order valence-electron chi connectivity index (χ3n) is 5.98. The summed E-state index contributed by atoms with van der Waals surface area (Å²) in [5.74, 6) is 1.47. The van der Waals surface area contributed by atoms with Gasteiger partial charge in [-0.1, -0.05) is 132 Å². The Morgan fingerprint density at radius 2 is 0.671 bits per heavy atom. The minimum Gasteiger partial charge on any atom is -0.261 e. The molecule has 0 saturated carbocycles. The Hall–Kier alpha value is -8.56. The van der Waals surface area contributed by atoms with Crippen molar-refractivity contribution in [3.05, 3.63) is 194 Å². The second-order valence-electron chi connectivity index (χ2n) is 11.8. The molecule has 9 aromatic rings. The fourth-order valence-electron chi connectivity index (χ4n) is 3.06. The summed E-state index contributed by atoms with van der Waals surface area (Å²) in [5, 5.41) is 28.7. The van der Waals surface area contributed by atoms with Crippen LogP contribution in [0.25, 0.3) is 0 Å². The van der Waals surface area contributed by atoms with Crippen LogP contribution in [-0.4, -0.2) is 111 Å². The molecule has 0 radical (unpaired) electrons. The lowest BCUT2D eigenvalue weighted by molar-refractivity contribution is 0.907. The van der Waals surface area contributed by atoms with E-state index in [-0.39, 0.29) is 7.43 Å². The number of hydrogen-bond acceptors (Lipinski definition) is 22. The van der Waals surface area contributed by atoms with Crippen LogP contribution in [0.5, 0.6) is 0 Å². The lowest BCUT2D eigenvalue weighted by Crippen LogP contribution is -1.85. The van der Waals surface area contributed by atoms with Crippen molar-refractivity contribution in [3.63, 3.8) is 0 Å². The molecule has 82 heavy (non-hydrogen) atoms. The number of hydrogen-bond donors (Lipinski definition) is 0. The molecule has 9 rings (SSSR count). The van der Waals surface area contributed by atoms with Crippen LogP contribution in [0.4, 0.5) is 0 Å². The average molecular weight is 1140 g/mol. The zero-order chi connectivity index (χ0) is 64.0. The predicted molar refractivity (Wildman–Crippen MR) is 341 cm³/mol. The molecule has 0 aliphatic heterocycles. The Bertz CT molecular complexity index is 1770. The lowest BCUT2D eigenvalue weighted by Gasteiger charge is -1.81. The Morgan fingerprint density at radius 1 is 0.220 bits per heavy atom. The maximum absolute atomic E-state index is 3.92. The van der Waals surface area contributed by atoms with E-state index < -0.39 is 0 Å². The van der Waals surface area contributed by atoms with Crippen molar-refractivity contribution in [1.82, 2.24) is 111 Å². The number of aromatic nitrogens is 22. The van der Waals surface area contributed by atoms with Gasteiger partial charge < -0.3 is 0 Å². The molecule has 0 bridgehead atoms. The zero-order valence-electron chi connectivity index (χ0n) is 54.6. The van der Waals surface area contributed by atoms with Crippen molar-refractivity contribution >= 4 is 0 Å². The van der Waals surface area contributed by atoms with Gasteiger partial charge in [-0.25, -0.2) is 49.8 Å². The van der Waals surface area contributed by atoms with Crippen molar-refractivity contribution in [2.45, 2.75) is 194 Å². The highest BCUT2D eigenvalue weighted by atomic mass is 15.1. The molecule has 9 heterocycles. The van der Waals surface area contributed by atoms with Crippen molar-refractivity contribution < 1.29 is 0 Å². The van der Waals surface area contributed by atoms with E-state index >= 15 is 0 Å². The fraction of sp³-hybridized carbons (Fsp3) is 0.467. The van der Waals surface area contributed by atoms with E-state index in [1.807, 2.05) is 192 Å². The SMILES string of the molecule is C.CC.CC.CC.CC.CC.CC.CC.CC.CC.Cc1ccncn1.Cc1ccnnc1.Cc1cnccn1.Cc1cnccn1.Cc1cncnc1.Cc1cncnn1.Cc1cnncn1.Cc1nccnn1.Cc1ncncn1. The van der Waals surface area contributed by atoms with Crippen LogP contribution in [0, 0.1) is 62.3 Å². The molecular weight excluding hydrogens is 1030 g/mol. The van der Waals surface area contributed by atoms with E-state index in [1.165, 1.54) is 38.0 Å². The minimum atomic E-state index is 0. The summed E-state index contributed by atoms with van der Waals surface area (Å²) in [4.78, 5) is 53.1. The van der Waals surface area contributed by atoms with Gasteiger partial charge in [-0.05, 0) is 85.6 Å². The first-order valence-electron chi connectivity index (χ1n) is 27.5. The zero-order valence-corrected chi connectivity index (χ0v) is 54.6. The molecule has 0 fully saturated rings. The van der Waals surface area contributed by atoms with Gasteiger partial charge >= 0.3 is 0 Å². The maximum atomic E-state index is 3.92. The largest absolute Gasteiger partial charge is 0.261 e. The highest BCUT2D eigenvalue weighted by molar-refractivity contribution is 5.00. The third kappa shape index (κ3) is 88.1. The molecule has 0 amide bonds. The molecule has 0 aromatic carbocycles. The van der Waals surface area contributed by atoms with Crippen LogP contribution in [-0.2, 0) is 0 Å². The normalized spacial score (nSPS) is 7.35. The molecule has 22 heteroatoms. The summed E-state index contributed by atoms with van der Waals surface area (Å²) in [6.07, 6.45) is 34.1. The van der Waals surface area contributed by atoms with Crippen LogP contribution in [0.2, 0.25) is 0 Å². The summed E-state index contributed by atoms with van der Waals surface area (Å²) in [6, 6.07) is 3.77. The highest BCUT2D eigenvalue weighted by Gasteiger charge is 1.80. The first-order chi connectivity index (χ1) is 39.5. The van der Waals surface area contributed by atoms with Crippen LogP contribution in [0.3, 0.4) is 0 Å². The van der Waals surface area contributed by atoms with Gasteiger partial charge in [0.05, 0.1) is 47.6 Å². The summed E-state index contributed by atoms with van der Waals surface area (Å²) >= 11 is 0. The van der Waals surface area contributed by atoms with Crippen LogP contribution in [0.15, 0.2) is 143 Å². The van der Waals surface area contributed by atoms with Gasteiger partial charge in [-0.2, -0.15) is 25.5 Å². The first-order valence-corrected chi connectivity index (χ1v) is 27.5. The minimum absolute atomic E-state index is 0. The molecule has 0 aliphatic rings. The molecule has 0 saturated heterocycles. The maximum Gasteiger partial charge on any atom is 0.147 e. The summed E-state index contributed by atoms with van der Waals surface area (Å²) in [7, 11) is 0. The topological polar surface area (TPSA) is 284 Å². The highest BCUT2D eigenvalue weighted by Crippen LogP contribution is 1.87. The van der Waals surface area contributed by atoms with Gasteiger partial charge in [0.2, 0.25) is 0 Å². The van der Waals surface area contributed by atoms with E-state index in [1.54, 1.807) is 99.9 Å². The van der Waals surface area contributed by atoms with Crippen molar-refractivity contribution in [2.75, 3.05) is 0 Å². The second kappa shape index (κ2) is 91.9. The Labute approximate surface area is 497 Å². The van der Waals surface area contributed by atoms with Crippen molar-refractivity contribution in [1.29, 1.82) is 0 Å². The lowest BCUT2D eigenvalue weighted by atomic mass is 10.4. The molecule has 0 aliphatic carbocycles. The molecule has 9 aromatic heterocycles. The molecular formula is C60H108N22. The Kier molecular flexibility index (Phi) is 107. The van der Waals surface area contributed by atoms with Crippen molar-refractivity contribution in [3.8, 4) is 0 Å². The van der Waals surface area contributed by atoms with E-state index in [9.17, 15) is 0 Å². The van der Waals surface area contributed by atoms with E-state index in [0.29, 0.717) is 5.82 Å². The van der Waals surface area contributed by atoms with Gasteiger partial charge in [0.25, 0.3) is 0 Å². The van der Waals surface area contributed by atoms with Gasteiger partial charge in [0, 0.05) is 73.9 Å². The fourth-order valence-corrected chi connectivity index (χ4v) is 3.06. The number of rotatable bonds is 0.